The van der Waals surface area contributed by atoms with E-state index in [9.17, 15) is 14.4 Å². The number of carbonyl (C=O) groups is 3. The summed E-state index contributed by atoms with van der Waals surface area (Å²) in [5.74, 6) is -1.21. The van der Waals surface area contributed by atoms with Crippen LogP contribution >= 0.6 is 23.2 Å². The number of ether oxygens (including phenoxy) is 1. The Labute approximate surface area is 192 Å². The van der Waals surface area contributed by atoms with Crippen LogP contribution in [0.1, 0.15) is 37.8 Å². The summed E-state index contributed by atoms with van der Waals surface area (Å²) in [5.41, 5.74) is 7.53. The summed E-state index contributed by atoms with van der Waals surface area (Å²) < 4.78 is 4.55. The molecule has 0 bridgehead atoms. The predicted octanol–water partition coefficient (Wildman–Crippen LogP) is 3.07. The van der Waals surface area contributed by atoms with Crippen molar-refractivity contribution in [3.63, 3.8) is 0 Å². The normalized spacial score (nSPS) is 17.3. The second-order valence-corrected chi connectivity index (χ2v) is 8.05. The highest BCUT2D eigenvalue weighted by atomic mass is 35.5. The van der Waals surface area contributed by atoms with Crippen LogP contribution in [-0.2, 0) is 19.1 Å². The van der Waals surface area contributed by atoms with Crippen LogP contribution in [0, 0.1) is 5.92 Å². The molecule has 7 nitrogen and oxygen atoms in total. The van der Waals surface area contributed by atoms with E-state index in [0.29, 0.717) is 28.5 Å². The topological polar surface area (TPSA) is 111 Å². The number of esters is 1. The highest BCUT2D eigenvalue weighted by Crippen LogP contribution is 2.24. The third-order valence-corrected chi connectivity index (χ3v) is 5.41. The molecule has 3 atom stereocenters. The van der Waals surface area contributed by atoms with Crippen LogP contribution in [0.2, 0.25) is 10.0 Å². The van der Waals surface area contributed by atoms with Crippen LogP contribution in [0.15, 0.2) is 42.0 Å². The van der Waals surface area contributed by atoms with Gasteiger partial charge < -0.3 is 21.1 Å². The number of hydrogen-bond acceptors (Lipinski definition) is 5. The van der Waals surface area contributed by atoms with Crippen molar-refractivity contribution in [3.8, 4) is 0 Å². The number of amides is 2. The lowest BCUT2D eigenvalue weighted by Gasteiger charge is -2.24. The molecule has 168 valence electrons. The number of benzene rings is 1. The predicted molar refractivity (Wildman–Crippen MR) is 121 cm³/mol. The van der Waals surface area contributed by atoms with Crippen molar-refractivity contribution in [3.05, 3.63) is 57.6 Å². The Kier molecular flexibility index (Phi) is 9.55. The number of hydrogen-bond donors (Lipinski definition) is 3. The van der Waals surface area contributed by atoms with Gasteiger partial charge in [0.05, 0.1) is 25.5 Å². The Morgan fingerprint density at radius 1 is 1.23 bits per heavy atom. The van der Waals surface area contributed by atoms with Crippen LogP contribution in [0.5, 0.6) is 0 Å². The van der Waals surface area contributed by atoms with E-state index in [-0.39, 0.29) is 42.7 Å². The van der Waals surface area contributed by atoms with Gasteiger partial charge in [-0.1, -0.05) is 48.4 Å². The zero-order chi connectivity index (χ0) is 23.0. The lowest BCUT2D eigenvalue weighted by Crippen LogP contribution is -2.41. The monoisotopic (exact) mass is 467 g/mol. The lowest BCUT2D eigenvalue weighted by atomic mass is 9.91. The van der Waals surface area contributed by atoms with Gasteiger partial charge in [-0.2, -0.15) is 0 Å². The third kappa shape index (κ3) is 7.38. The maximum atomic E-state index is 12.7. The zero-order valence-electron chi connectivity index (χ0n) is 17.5. The average Bonchev–Trinajstić information content (AvgIpc) is 2.75. The molecule has 0 fully saturated rings. The van der Waals surface area contributed by atoms with E-state index in [2.05, 4.69) is 15.4 Å². The smallest absolute Gasteiger partial charge is 0.307 e. The Balaban J connectivity index is 1.93. The van der Waals surface area contributed by atoms with Crippen molar-refractivity contribution in [1.82, 2.24) is 10.6 Å². The molecule has 2 rings (SSSR count). The fourth-order valence-electron chi connectivity index (χ4n) is 3.20. The second-order valence-electron chi connectivity index (χ2n) is 7.17. The maximum Gasteiger partial charge on any atom is 0.307 e. The molecule has 0 spiro atoms. The molecule has 0 saturated carbocycles. The summed E-state index contributed by atoms with van der Waals surface area (Å²) in [4.78, 5) is 36.0. The number of carbonyl (C=O) groups excluding carboxylic acids is 3. The SMILES string of the molecule is CCC(NC(=O)C(N)c1cc(Cl)cc(Cl)c1)C1=CCC(C(=O)NCCC(=O)OC)C=C1. The van der Waals surface area contributed by atoms with Gasteiger partial charge in [0.25, 0.3) is 0 Å². The highest BCUT2D eigenvalue weighted by molar-refractivity contribution is 6.34. The minimum absolute atomic E-state index is 0.127. The molecule has 0 radical (unpaired) electrons. The molecule has 0 aliphatic heterocycles. The molecule has 0 heterocycles. The Morgan fingerprint density at radius 3 is 2.45 bits per heavy atom. The van der Waals surface area contributed by atoms with Gasteiger partial charge >= 0.3 is 5.97 Å². The second kappa shape index (κ2) is 11.9. The van der Waals surface area contributed by atoms with Gasteiger partial charge in [0.15, 0.2) is 0 Å². The summed E-state index contributed by atoms with van der Waals surface area (Å²) in [7, 11) is 1.31. The zero-order valence-corrected chi connectivity index (χ0v) is 19.0. The van der Waals surface area contributed by atoms with Crippen LogP contribution in [0.4, 0.5) is 0 Å². The molecule has 0 saturated heterocycles. The van der Waals surface area contributed by atoms with Crippen LogP contribution in [0.3, 0.4) is 0 Å². The van der Waals surface area contributed by atoms with Crippen molar-refractivity contribution < 1.29 is 19.1 Å². The van der Waals surface area contributed by atoms with E-state index in [1.54, 1.807) is 24.3 Å². The van der Waals surface area contributed by atoms with Gasteiger partial charge in [-0.25, -0.2) is 0 Å². The van der Waals surface area contributed by atoms with Gasteiger partial charge in [-0.15, -0.1) is 0 Å². The maximum absolute atomic E-state index is 12.7. The fraction of sp³-hybridized carbons (Fsp3) is 0.409. The van der Waals surface area contributed by atoms with Crippen LogP contribution in [0.25, 0.3) is 0 Å². The van der Waals surface area contributed by atoms with E-state index in [1.807, 2.05) is 19.1 Å². The lowest BCUT2D eigenvalue weighted by molar-refractivity contribution is -0.140. The molecule has 9 heteroatoms. The first-order valence-electron chi connectivity index (χ1n) is 9.99. The van der Waals surface area contributed by atoms with Gasteiger partial charge in [0, 0.05) is 16.6 Å². The number of allylic oxidation sites excluding steroid dienone is 1. The molecule has 3 unspecified atom stereocenters. The number of rotatable bonds is 9. The molecule has 4 N–H and O–H groups in total. The summed E-state index contributed by atoms with van der Waals surface area (Å²) in [6.45, 7) is 2.18. The first-order chi connectivity index (χ1) is 14.7. The molecule has 0 aromatic heterocycles. The first kappa shape index (κ1) is 24.9. The van der Waals surface area contributed by atoms with Crippen LogP contribution in [-0.4, -0.2) is 37.5 Å². The van der Waals surface area contributed by atoms with Crippen LogP contribution < -0.4 is 16.4 Å². The molecular weight excluding hydrogens is 441 g/mol. The minimum atomic E-state index is -0.910. The van der Waals surface area contributed by atoms with Gasteiger partial charge in [0.2, 0.25) is 11.8 Å². The summed E-state index contributed by atoms with van der Waals surface area (Å²) in [5, 5.41) is 6.49. The molecule has 1 aliphatic carbocycles. The summed E-state index contributed by atoms with van der Waals surface area (Å²) in [6, 6.07) is 3.65. The Hall–Kier alpha value is -2.35. The van der Waals surface area contributed by atoms with Crippen molar-refractivity contribution >= 4 is 41.0 Å². The highest BCUT2D eigenvalue weighted by Gasteiger charge is 2.24. The van der Waals surface area contributed by atoms with Crippen molar-refractivity contribution in [2.24, 2.45) is 11.7 Å². The van der Waals surface area contributed by atoms with E-state index in [1.165, 1.54) is 7.11 Å². The van der Waals surface area contributed by atoms with Crippen molar-refractivity contribution in [2.75, 3.05) is 13.7 Å². The largest absolute Gasteiger partial charge is 0.469 e. The Morgan fingerprint density at radius 2 is 1.90 bits per heavy atom. The molecular formula is C22H27Cl2N3O4. The summed E-state index contributed by atoms with van der Waals surface area (Å²) in [6.07, 6.45) is 6.85. The number of nitrogens with one attached hydrogen (secondary N) is 2. The number of methoxy groups -OCH3 is 1. The molecule has 1 aromatic rings. The fourth-order valence-corrected chi connectivity index (χ4v) is 3.74. The average molecular weight is 468 g/mol. The van der Waals surface area contributed by atoms with Crippen molar-refractivity contribution in [2.45, 2.75) is 38.3 Å². The Bertz CT molecular complexity index is 865. The number of nitrogens with two attached hydrogens (primary N) is 1. The summed E-state index contributed by atoms with van der Waals surface area (Å²) >= 11 is 12.0. The van der Waals surface area contributed by atoms with E-state index >= 15 is 0 Å². The van der Waals surface area contributed by atoms with Gasteiger partial charge in [-0.3, -0.25) is 14.4 Å². The quantitative estimate of drug-likeness (QED) is 0.483. The first-order valence-corrected chi connectivity index (χ1v) is 10.8. The molecule has 1 aliphatic rings. The minimum Gasteiger partial charge on any atom is -0.469 e. The van der Waals surface area contributed by atoms with E-state index in [4.69, 9.17) is 28.9 Å². The number of halogens is 2. The molecule has 1 aromatic carbocycles. The molecule has 31 heavy (non-hydrogen) atoms. The van der Waals surface area contributed by atoms with Gasteiger partial charge in [0.1, 0.15) is 6.04 Å². The van der Waals surface area contributed by atoms with E-state index < -0.39 is 6.04 Å². The van der Waals surface area contributed by atoms with Gasteiger partial charge in [-0.05, 0) is 42.2 Å². The third-order valence-electron chi connectivity index (χ3n) is 4.97. The van der Waals surface area contributed by atoms with E-state index in [0.717, 1.165) is 5.57 Å². The molecule has 2 amide bonds. The standard InChI is InChI=1S/C22H27Cl2N3O4/c1-3-18(27-22(30)20(25)15-10-16(23)12-17(24)11-15)13-4-6-14(7-5-13)21(29)26-9-8-19(28)31-2/h4-6,10-12,14,18,20H,3,7-9,25H2,1-2H3,(H,26,29)(H,27,30). The van der Waals surface area contributed by atoms with Crippen molar-refractivity contribution in [1.29, 1.82) is 0 Å².